The van der Waals surface area contributed by atoms with E-state index in [1.165, 1.54) is 32.1 Å². The van der Waals surface area contributed by atoms with Gasteiger partial charge in [0.15, 0.2) is 11.3 Å². The highest BCUT2D eigenvalue weighted by Gasteiger charge is 2.32. The minimum absolute atomic E-state index is 0.0146. The number of nitrogens with zero attached hydrogens (tertiary/aromatic N) is 3. The second-order valence-electron chi connectivity index (χ2n) is 10.3. The molecular weight excluding hydrogens is 482 g/mol. The van der Waals surface area contributed by atoms with E-state index < -0.39 is 0 Å². The minimum Gasteiger partial charge on any atom is -0.443 e. The number of amides is 1. The molecule has 0 bridgehead atoms. The molecule has 2 aromatic rings. The van der Waals surface area contributed by atoms with E-state index in [9.17, 15) is 10.1 Å². The topological polar surface area (TPSA) is 94.2 Å². The molecule has 0 radical (unpaired) electrons. The number of anilines is 1. The van der Waals surface area contributed by atoms with Crippen molar-refractivity contribution in [1.82, 2.24) is 15.2 Å². The quantitative estimate of drug-likeness (QED) is 0.541. The van der Waals surface area contributed by atoms with Crippen LogP contribution in [0.4, 0.5) is 5.82 Å². The van der Waals surface area contributed by atoms with Crippen LogP contribution in [-0.4, -0.2) is 48.5 Å². The Morgan fingerprint density at radius 1 is 1.27 bits per heavy atom. The molecule has 33 heavy (non-hydrogen) atoms. The smallest absolute Gasteiger partial charge is 0.273 e. The summed E-state index contributed by atoms with van der Waals surface area (Å²) in [4.78, 5) is 20.3. The summed E-state index contributed by atoms with van der Waals surface area (Å²) in [6.07, 6.45) is 8.31. The van der Waals surface area contributed by atoms with Gasteiger partial charge in [-0.25, -0.2) is 4.98 Å². The number of fused-ring (bicyclic) bond motifs is 1. The van der Waals surface area contributed by atoms with Gasteiger partial charge in [-0.15, -0.1) is 0 Å². The third kappa shape index (κ3) is 5.36. The average molecular weight is 516 g/mol. The van der Waals surface area contributed by atoms with Crippen molar-refractivity contribution >= 4 is 38.6 Å². The number of carbonyl (C=O) groups excluding carboxylic acids is 1. The molecule has 2 fully saturated rings. The molecule has 0 aromatic carbocycles. The van der Waals surface area contributed by atoms with Crippen molar-refractivity contribution in [2.24, 2.45) is 11.3 Å². The van der Waals surface area contributed by atoms with Gasteiger partial charge in [0.25, 0.3) is 5.91 Å². The maximum Gasteiger partial charge on any atom is 0.273 e. The van der Waals surface area contributed by atoms with Gasteiger partial charge in [0.2, 0.25) is 5.76 Å². The largest absolute Gasteiger partial charge is 0.443 e. The predicted molar refractivity (Wildman–Crippen MR) is 133 cm³/mol. The van der Waals surface area contributed by atoms with Gasteiger partial charge in [-0.1, -0.05) is 33.1 Å². The van der Waals surface area contributed by atoms with Crippen LogP contribution in [0.15, 0.2) is 15.0 Å². The first-order chi connectivity index (χ1) is 15.8. The Morgan fingerprint density at radius 3 is 2.64 bits per heavy atom. The first-order valence-corrected chi connectivity index (χ1v) is 12.8. The summed E-state index contributed by atoms with van der Waals surface area (Å²) in [5.41, 5.74) is 0.589. The molecule has 4 rings (SSSR count). The number of carbonyl (C=O) groups is 1. The van der Waals surface area contributed by atoms with Gasteiger partial charge < -0.3 is 20.0 Å². The summed E-state index contributed by atoms with van der Waals surface area (Å²) in [6.45, 7) is 7.10. The SMILES string of the molecule is CN1CCC(Nc2nc(C(=O)NCC(C)(C)C3CCCCC3)c3oc(C#N)cc3c2Br)CC1. The van der Waals surface area contributed by atoms with Gasteiger partial charge in [-0.2, -0.15) is 5.26 Å². The summed E-state index contributed by atoms with van der Waals surface area (Å²) in [5, 5.41) is 16.7. The molecule has 1 saturated carbocycles. The number of halogens is 1. The summed E-state index contributed by atoms with van der Waals surface area (Å²) < 4.78 is 6.43. The van der Waals surface area contributed by atoms with Crippen molar-refractivity contribution in [3.63, 3.8) is 0 Å². The Hall–Kier alpha value is -2.11. The van der Waals surface area contributed by atoms with Crippen LogP contribution in [0.2, 0.25) is 0 Å². The normalized spacial score (nSPS) is 18.9. The minimum atomic E-state index is -0.262. The molecular formula is C25H34BrN5O2. The average Bonchev–Trinajstić information content (AvgIpc) is 3.26. The van der Waals surface area contributed by atoms with E-state index in [4.69, 9.17) is 4.42 Å². The number of nitrogens with one attached hydrogen (secondary N) is 2. The van der Waals surface area contributed by atoms with Crippen LogP contribution in [-0.2, 0) is 0 Å². The molecule has 2 aliphatic rings. The highest BCUT2D eigenvalue weighted by molar-refractivity contribution is 9.10. The fourth-order valence-electron chi connectivity index (χ4n) is 5.14. The van der Waals surface area contributed by atoms with Crippen LogP contribution in [0.25, 0.3) is 11.0 Å². The lowest BCUT2D eigenvalue weighted by atomic mass is 9.71. The maximum atomic E-state index is 13.3. The number of hydrogen-bond acceptors (Lipinski definition) is 6. The lowest BCUT2D eigenvalue weighted by molar-refractivity contribution is 0.0895. The molecule has 0 unspecified atom stereocenters. The number of pyridine rings is 1. The van der Waals surface area contributed by atoms with Gasteiger partial charge >= 0.3 is 0 Å². The van der Waals surface area contributed by atoms with E-state index in [0.717, 1.165) is 30.4 Å². The van der Waals surface area contributed by atoms with E-state index in [0.29, 0.717) is 29.2 Å². The molecule has 8 heteroatoms. The second kappa shape index (κ2) is 10.0. The molecule has 2 N–H and O–H groups in total. The molecule has 1 saturated heterocycles. The number of hydrogen-bond donors (Lipinski definition) is 2. The van der Waals surface area contributed by atoms with Gasteiger partial charge in [-0.3, -0.25) is 4.79 Å². The highest BCUT2D eigenvalue weighted by atomic mass is 79.9. The Balaban J connectivity index is 1.58. The molecule has 0 spiro atoms. The van der Waals surface area contributed by atoms with Crippen molar-refractivity contribution in [2.45, 2.75) is 64.8 Å². The summed E-state index contributed by atoms with van der Waals surface area (Å²) in [7, 11) is 2.13. The van der Waals surface area contributed by atoms with Crippen molar-refractivity contribution < 1.29 is 9.21 Å². The number of aromatic nitrogens is 1. The van der Waals surface area contributed by atoms with E-state index in [-0.39, 0.29) is 28.8 Å². The lowest BCUT2D eigenvalue weighted by Crippen LogP contribution is -2.40. The number of rotatable bonds is 6. The number of likely N-dealkylation sites (tertiary alicyclic amines) is 1. The first-order valence-electron chi connectivity index (χ1n) is 12.0. The summed E-state index contributed by atoms with van der Waals surface area (Å²) in [6, 6.07) is 4.00. The molecule has 1 amide bonds. The van der Waals surface area contributed by atoms with E-state index in [1.54, 1.807) is 6.07 Å². The molecule has 0 atom stereocenters. The van der Waals surface area contributed by atoms with Crippen molar-refractivity contribution in [3.05, 3.63) is 22.0 Å². The van der Waals surface area contributed by atoms with Crippen LogP contribution in [0, 0.1) is 22.7 Å². The zero-order valence-corrected chi connectivity index (χ0v) is 21.4. The Morgan fingerprint density at radius 2 is 1.97 bits per heavy atom. The lowest BCUT2D eigenvalue weighted by Gasteiger charge is -2.37. The van der Waals surface area contributed by atoms with Crippen molar-refractivity contribution in [2.75, 3.05) is 32.0 Å². The van der Waals surface area contributed by atoms with Crippen LogP contribution < -0.4 is 10.6 Å². The van der Waals surface area contributed by atoms with Gasteiger partial charge in [0.05, 0.1) is 4.47 Å². The third-order valence-corrected chi connectivity index (χ3v) is 8.22. The monoisotopic (exact) mass is 515 g/mol. The Kier molecular flexibility index (Phi) is 7.30. The molecule has 178 valence electrons. The summed E-state index contributed by atoms with van der Waals surface area (Å²) in [5.74, 6) is 1.14. The second-order valence-corrected chi connectivity index (χ2v) is 11.1. The maximum absolute atomic E-state index is 13.3. The first kappa shape index (κ1) is 24.0. The van der Waals surface area contributed by atoms with Crippen LogP contribution in [0.1, 0.15) is 75.0 Å². The Labute approximate surface area is 204 Å². The third-order valence-electron chi connectivity index (χ3n) is 7.41. The van der Waals surface area contributed by atoms with E-state index in [1.807, 2.05) is 6.07 Å². The van der Waals surface area contributed by atoms with E-state index in [2.05, 4.69) is 57.3 Å². The number of furan rings is 1. The van der Waals surface area contributed by atoms with Crippen molar-refractivity contribution in [3.8, 4) is 6.07 Å². The molecule has 7 nitrogen and oxygen atoms in total. The van der Waals surface area contributed by atoms with Crippen LogP contribution >= 0.6 is 15.9 Å². The van der Waals surface area contributed by atoms with Crippen molar-refractivity contribution in [1.29, 1.82) is 5.26 Å². The zero-order valence-electron chi connectivity index (χ0n) is 19.8. The van der Waals surface area contributed by atoms with Crippen LogP contribution in [0.3, 0.4) is 0 Å². The predicted octanol–water partition coefficient (Wildman–Crippen LogP) is 5.30. The Bertz CT molecular complexity index is 1040. The number of nitriles is 1. The highest BCUT2D eigenvalue weighted by Crippen LogP contribution is 2.38. The van der Waals surface area contributed by atoms with Gasteiger partial charge in [-0.05, 0) is 73.1 Å². The zero-order chi connectivity index (χ0) is 23.6. The fourth-order valence-corrected chi connectivity index (χ4v) is 5.64. The van der Waals surface area contributed by atoms with Crippen LogP contribution in [0.5, 0.6) is 0 Å². The standard InChI is InChI=1S/C25H34BrN5O2/c1-25(2,16-7-5-4-6-8-16)15-28-24(32)21-22-19(13-18(14-27)33-22)20(26)23(30-21)29-17-9-11-31(3)12-10-17/h13,16-17H,4-12,15H2,1-3H3,(H,28,32)(H,29,30). The van der Waals surface area contributed by atoms with Gasteiger partial charge in [0, 0.05) is 24.0 Å². The van der Waals surface area contributed by atoms with E-state index >= 15 is 0 Å². The molecule has 3 heterocycles. The molecule has 1 aliphatic carbocycles. The summed E-state index contributed by atoms with van der Waals surface area (Å²) >= 11 is 3.63. The molecule has 2 aromatic heterocycles. The molecule has 1 aliphatic heterocycles. The fraction of sp³-hybridized carbons (Fsp3) is 0.640. The van der Waals surface area contributed by atoms with Gasteiger partial charge in [0.1, 0.15) is 11.9 Å². The number of piperidine rings is 1.